The number of nitrogens with zero attached hydrogens (tertiary/aromatic N) is 2. The number of allylic oxidation sites excluding steroid dienone is 1. The van der Waals surface area contributed by atoms with Gasteiger partial charge in [-0.1, -0.05) is 42.5 Å². The summed E-state index contributed by atoms with van der Waals surface area (Å²) in [5.41, 5.74) is 2.29. The van der Waals surface area contributed by atoms with Crippen LogP contribution in [0.1, 0.15) is 18.9 Å². The number of aliphatic imine (C=N–C) groups is 1. The summed E-state index contributed by atoms with van der Waals surface area (Å²) in [4.78, 5) is 6.74. The molecule has 0 aliphatic heterocycles. The Balaban J connectivity index is 2.04. The Hall–Kier alpha value is -1.67. The van der Waals surface area contributed by atoms with Crippen LogP contribution < -0.4 is 0 Å². The first-order chi connectivity index (χ1) is 8.60. The number of rotatable bonds is 3. The van der Waals surface area contributed by atoms with Crippen LogP contribution >= 0.6 is 0 Å². The Kier molecular flexibility index (Phi) is 3.78. The normalized spacial score (nSPS) is 23.7. The first-order valence-electron chi connectivity index (χ1n) is 6.26. The third-order valence-corrected chi connectivity index (χ3v) is 3.52. The van der Waals surface area contributed by atoms with Gasteiger partial charge >= 0.3 is 0 Å². The fourth-order valence-electron chi connectivity index (χ4n) is 1.83. The molecule has 0 spiro atoms. The summed E-state index contributed by atoms with van der Waals surface area (Å²) in [5, 5.41) is 0. The summed E-state index contributed by atoms with van der Waals surface area (Å²) >= 11 is 0. The molecule has 1 aliphatic rings. The summed E-state index contributed by atoms with van der Waals surface area (Å²) < 4.78 is 0. The lowest BCUT2D eigenvalue weighted by atomic mass is 9.91. The highest BCUT2D eigenvalue weighted by Crippen LogP contribution is 2.25. The molecule has 0 amide bonds. The molecule has 0 aromatic heterocycles. The molecule has 0 saturated carbocycles. The Morgan fingerprint density at radius 3 is 2.50 bits per heavy atom. The second kappa shape index (κ2) is 5.32. The van der Waals surface area contributed by atoms with Crippen LogP contribution in [0, 0.1) is 0 Å². The molecule has 0 fully saturated rings. The number of likely N-dealkylation sites (N-methyl/N-ethyl adjacent to an activating group) is 1. The van der Waals surface area contributed by atoms with Gasteiger partial charge in [0.1, 0.15) is 0 Å². The lowest BCUT2D eigenvalue weighted by Crippen LogP contribution is -2.39. The minimum atomic E-state index is 0.117. The molecule has 2 nitrogen and oxygen atoms in total. The van der Waals surface area contributed by atoms with Gasteiger partial charge in [0.05, 0.1) is 5.70 Å². The first kappa shape index (κ1) is 12.8. The minimum Gasteiger partial charge on any atom is -0.300 e. The molecule has 0 heterocycles. The van der Waals surface area contributed by atoms with Crippen molar-refractivity contribution in [1.82, 2.24) is 4.90 Å². The lowest BCUT2D eigenvalue weighted by molar-refractivity contribution is 0.230. The zero-order valence-electron chi connectivity index (χ0n) is 11.3. The third kappa shape index (κ3) is 2.96. The van der Waals surface area contributed by atoms with E-state index in [-0.39, 0.29) is 5.54 Å². The molecule has 0 bridgehead atoms. The van der Waals surface area contributed by atoms with E-state index in [2.05, 4.69) is 61.3 Å². The third-order valence-electron chi connectivity index (χ3n) is 3.52. The molecular weight excluding hydrogens is 220 g/mol. The Labute approximate surface area is 109 Å². The average Bonchev–Trinajstić information content (AvgIpc) is 2.39. The predicted molar refractivity (Wildman–Crippen MR) is 78.0 cm³/mol. The van der Waals surface area contributed by atoms with Crippen molar-refractivity contribution in [1.29, 1.82) is 0 Å². The van der Waals surface area contributed by atoms with Crippen LogP contribution in [0.2, 0.25) is 0 Å². The lowest BCUT2D eigenvalue weighted by Gasteiger charge is -2.34. The van der Waals surface area contributed by atoms with Crippen LogP contribution in [-0.4, -0.2) is 30.7 Å². The summed E-state index contributed by atoms with van der Waals surface area (Å²) in [6, 6.07) is 10.2. The summed E-state index contributed by atoms with van der Waals surface area (Å²) in [7, 11) is 4.22. The Morgan fingerprint density at radius 2 is 1.94 bits per heavy atom. The van der Waals surface area contributed by atoms with E-state index in [9.17, 15) is 0 Å². The maximum absolute atomic E-state index is 4.51. The van der Waals surface area contributed by atoms with Gasteiger partial charge in [0.15, 0.2) is 0 Å². The molecule has 0 saturated heterocycles. The molecular formula is C16H20N2. The van der Waals surface area contributed by atoms with E-state index in [1.807, 2.05) is 24.4 Å². The second-order valence-electron chi connectivity index (χ2n) is 5.09. The molecule has 1 aliphatic carbocycles. The SMILES string of the molecule is CN(C)C1(C)C=CC(N=Cc2ccccc2)=CC1. The van der Waals surface area contributed by atoms with E-state index in [0.717, 1.165) is 17.7 Å². The highest BCUT2D eigenvalue weighted by molar-refractivity contribution is 5.80. The van der Waals surface area contributed by atoms with Gasteiger partial charge in [-0.2, -0.15) is 0 Å². The van der Waals surface area contributed by atoms with Crippen molar-refractivity contribution in [2.24, 2.45) is 4.99 Å². The molecule has 1 unspecified atom stereocenters. The van der Waals surface area contributed by atoms with Crippen LogP contribution in [0.3, 0.4) is 0 Å². The summed E-state index contributed by atoms with van der Waals surface area (Å²) in [5.74, 6) is 0. The minimum absolute atomic E-state index is 0.117. The quantitative estimate of drug-likeness (QED) is 0.740. The summed E-state index contributed by atoms with van der Waals surface area (Å²) in [6.45, 7) is 2.23. The molecule has 1 aromatic rings. The zero-order chi connectivity index (χ0) is 13.0. The second-order valence-corrected chi connectivity index (χ2v) is 5.09. The molecule has 1 atom stereocenters. The molecule has 1 aromatic carbocycles. The van der Waals surface area contributed by atoms with Gasteiger partial charge in [-0.3, -0.25) is 4.99 Å². The van der Waals surface area contributed by atoms with Crippen molar-refractivity contribution in [2.45, 2.75) is 18.9 Å². The fourth-order valence-corrected chi connectivity index (χ4v) is 1.83. The summed E-state index contributed by atoms with van der Waals surface area (Å²) in [6.07, 6.45) is 9.43. The van der Waals surface area contributed by atoms with Crippen LogP contribution in [-0.2, 0) is 0 Å². The van der Waals surface area contributed by atoms with Crippen LogP contribution in [0.4, 0.5) is 0 Å². The van der Waals surface area contributed by atoms with Gasteiger partial charge in [0.25, 0.3) is 0 Å². The molecule has 0 N–H and O–H groups in total. The number of hydrogen-bond acceptors (Lipinski definition) is 2. The smallest absolute Gasteiger partial charge is 0.0588 e. The highest BCUT2D eigenvalue weighted by Gasteiger charge is 2.24. The average molecular weight is 240 g/mol. The highest BCUT2D eigenvalue weighted by atomic mass is 15.1. The predicted octanol–water partition coefficient (Wildman–Crippen LogP) is 3.27. The standard InChI is InChI=1S/C16H20N2/c1-16(18(2)3)11-9-15(10-12-16)17-13-14-7-5-4-6-8-14/h4-11,13H,12H2,1-3H3. The van der Waals surface area contributed by atoms with Gasteiger partial charge in [0, 0.05) is 11.8 Å². The Morgan fingerprint density at radius 1 is 1.22 bits per heavy atom. The van der Waals surface area contributed by atoms with Crippen molar-refractivity contribution in [3.05, 3.63) is 59.8 Å². The Bertz CT molecular complexity index is 483. The molecule has 18 heavy (non-hydrogen) atoms. The molecule has 2 rings (SSSR count). The maximum atomic E-state index is 4.51. The van der Waals surface area contributed by atoms with E-state index in [1.54, 1.807) is 0 Å². The van der Waals surface area contributed by atoms with E-state index in [4.69, 9.17) is 0 Å². The van der Waals surface area contributed by atoms with Gasteiger partial charge in [0.2, 0.25) is 0 Å². The van der Waals surface area contributed by atoms with E-state index in [0.29, 0.717) is 0 Å². The van der Waals surface area contributed by atoms with Crippen molar-refractivity contribution in [3.63, 3.8) is 0 Å². The first-order valence-corrected chi connectivity index (χ1v) is 6.26. The van der Waals surface area contributed by atoms with E-state index in [1.165, 1.54) is 0 Å². The fraction of sp³-hybridized carbons (Fsp3) is 0.312. The monoisotopic (exact) mass is 240 g/mol. The van der Waals surface area contributed by atoms with Crippen molar-refractivity contribution in [3.8, 4) is 0 Å². The van der Waals surface area contributed by atoms with Gasteiger partial charge in [-0.25, -0.2) is 0 Å². The van der Waals surface area contributed by atoms with Crippen molar-refractivity contribution < 1.29 is 0 Å². The molecule has 2 heteroatoms. The van der Waals surface area contributed by atoms with Crippen LogP contribution in [0.15, 0.2) is 59.2 Å². The van der Waals surface area contributed by atoms with Gasteiger partial charge < -0.3 is 4.90 Å². The van der Waals surface area contributed by atoms with Crippen molar-refractivity contribution >= 4 is 6.21 Å². The van der Waals surface area contributed by atoms with Crippen LogP contribution in [0.5, 0.6) is 0 Å². The largest absolute Gasteiger partial charge is 0.300 e. The van der Waals surface area contributed by atoms with E-state index >= 15 is 0 Å². The number of benzene rings is 1. The van der Waals surface area contributed by atoms with E-state index < -0.39 is 0 Å². The molecule has 0 radical (unpaired) electrons. The zero-order valence-corrected chi connectivity index (χ0v) is 11.3. The van der Waals surface area contributed by atoms with Crippen molar-refractivity contribution in [2.75, 3.05) is 14.1 Å². The number of hydrogen-bond donors (Lipinski definition) is 0. The van der Waals surface area contributed by atoms with Gasteiger partial charge in [-0.05, 0) is 39.1 Å². The maximum Gasteiger partial charge on any atom is 0.0588 e. The van der Waals surface area contributed by atoms with Crippen LogP contribution in [0.25, 0.3) is 0 Å². The van der Waals surface area contributed by atoms with Gasteiger partial charge in [-0.15, -0.1) is 0 Å². The topological polar surface area (TPSA) is 15.6 Å². The molecule has 94 valence electrons.